The standard InChI is InChI=1S/C21H19N3O7/c22-18(26)11-17(21(29)30)24-19(27)9-10-31-16-7-3-14(4-8-16)20(28)13-1-5-15(6-2-13)23-12-25/h1-8,17H,9-11H2,(H2,22,26)(H,24,27)(H,29,30). The molecule has 0 heterocycles. The number of amides is 2. The molecule has 0 aliphatic carbocycles. The third kappa shape index (κ3) is 7.22. The van der Waals surface area contributed by atoms with Gasteiger partial charge in [0.2, 0.25) is 17.9 Å². The van der Waals surface area contributed by atoms with Crippen LogP contribution in [-0.4, -0.2) is 47.4 Å². The molecular formula is C21H19N3O7. The molecule has 10 nitrogen and oxygen atoms in total. The zero-order chi connectivity index (χ0) is 22.8. The molecule has 0 saturated carbocycles. The summed E-state index contributed by atoms with van der Waals surface area (Å²) in [6.07, 6.45) is 0.773. The molecule has 160 valence electrons. The van der Waals surface area contributed by atoms with E-state index in [0.29, 0.717) is 22.6 Å². The molecule has 0 bridgehead atoms. The van der Waals surface area contributed by atoms with Crippen LogP contribution in [0.1, 0.15) is 28.8 Å². The molecule has 0 aromatic heterocycles. The third-order valence-electron chi connectivity index (χ3n) is 4.06. The van der Waals surface area contributed by atoms with Crippen LogP contribution in [0.25, 0.3) is 0 Å². The third-order valence-corrected chi connectivity index (χ3v) is 4.06. The van der Waals surface area contributed by atoms with Crippen molar-refractivity contribution in [2.75, 3.05) is 6.61 Å². The van der Waals surface area contributed by atoms with E-state index in [9.17, 15) is 24.0 Å². The number of nitrogens with one attached hydrogen (secondary N) is 1. The van der Waals surface area contributed by atoms with Gasteiger partial charge in [-0.25, -0.2) is 9.59 Å². The minimum atomic E-state index is -1.39. The lowest BCUT2D eigenvalue weighted by molar-refractivity contribution is -0.143. The number of isocyanates is 1. The van der Waals surface area contributed by atoms with E-state index in [1.807, 2.05) is 0 Å². The van der Waals surface area contributed by atoms with Crippen LogP contribution >= 0.6 is 0 Å². The van der Waals surface area contributed by atoms with Crippen LogP contribution in [0.4, 0.5) is 5.69 Å². The van der Waals surface area contributed by atoms with Gasteiger partial charge in [-0.15, -0.1) is 0 Å². The Morgan fingerprint density at radius 1 is 1.03 bits per heavy atom. The number of carbonyl (C=O) groups excluding carboxylic acids is 4. The summed E-state index contributed by atoms with van der Waals surface area (Å²) in [5.41, 5.74) is 6.17. The predicted molar refractivity (Wildman–Crippen MR) is 108 cm³/mol. The summed E-state index contributed by atoms with van der Waals surface area (Å²) in [5.74, 6) is -2.64. The van der Waals surface area contributed by atoms with Crippen LogP contribution in [0, 0.1) is 0 Å². The minimum Gasteiger partial charge on any atom is -0.493 e. The first-order valence-corrected chi connectivity index (χ1v) is 9.06. The summed E-state index contributed by atoms with van der Waals surface area (Å²) in [6, 6.07) is 11.0. The molecule has 0 aliphatic heterocycles. The number of benzene rings is 2. The van der Waals surface area contributed by atoms with Gasteiger partial charge in [-0.2, -0.15) is 4.99 Å². The van der Waals surface area contributed by atoms with Gasteiger partial charge >= 0.3 is 5.97 Å². The van der Waals surface area contributed by atoms with Crippen molar-refractivity contribution in [1.82, 2.24) is 5.32 Å². The summed E-state index contributed by atoms with van der Waals surface area (Å²) < 4.78 is 5.42. The number of rotatable bonds is 11. The molecule has 0 fully saturated rings. The fourth-order valence-electron chi connectivity index (χ4n) is 2.54. The largest absolute Gasteiger partial charge is 0.493 e. The number of carboxylic acid groups (broad SMARTS) is 1. The number of aliphatic imine (C=N–C) groups is 1. The fourth-order valence-corrected chi connectivity index (χ4v) is 2.54. The number of nitrogens with zero attached hydrogens (tertiary/aromatic N) is 1. The van der Waals surface area contributed by atoms with E-state index in [1.165, 1.54) is 18.2 Å². The molecule has 1 unspecified atom stereocenters. The van der Waals surface area contributed by atoms with Crippen LogP contribution in [-0.2, 0) is 19.2 Å². The van der Waals surface area contributed by atoms with Gasteiger partial charge < -0.3 is 20.9 Å². The summed E-state index contributed by atoms with van der Waals surface area (Å²) >= 11 is 0. The molecule has 2 amide bonds. The van der Waals surface area contributed by atoms with Crippen molar-refractivity contribution >= 4 is 35.3 Å². The maximum Gasteiger partial charge on any atom is 0.326 e. The topological polar surface area (TPSA) is 165 Å². The zero-order valence-corrected chi connectivity index (χ0v) is 16.2. The molecular weight excluding hydrogens is 406 g/mol. The number of carbonyl (C=O) groups is 4. The van der Waals surface area contributed by atoms with E-state index < -0.39 is 30.2 Å². The van der Waals surface area contributed by atoms with Crippen LogP contribution in [0.2, 0.25) is 0 Å². The summed E-state index contributed by atoms with van der Waals surface area (Å²) in [5, 5.41) is 11.2. The van der Waals surface area contributed by atoms with Gasteiger partial charge in [0.05, 0.1) is 25.1 Å². The Labute approximate surface area is 176 Å². The van der Waals surface area contributed by atoms with Gasteiger partial charge in [0.1, 0.15) is 11.8 Å². The Morgan fingerprint density at radius 2 is 1.61 bits per heavy atom. The first kappa shape index (κ1) is 23.0. The van der Waals surface area contributed by atoms with Crippen LogP contribution in [0.5, 0.6) is 5.75 Å². The van der Waals surface area contributed by atoms with Crippen molar-refractivity contribution in [2.24, 2.45) is 10.7 Å². The maximum atomic E-state index is 12.5. The molecule has 31 heavy (non-hydrogen) atoms. The van der Waals surface area contributed by atoms with E-state index in [4.69, 9.17) is 15.6 Å². The highest BCUT2D eigenvalue weighted by atomic mass is 16.5. The highest BCUT2D eigenvalue weighted by molar-refractivity contribution is 6.09. The van der Waals surface area contributed by atoms with Crippen molar-refractivity contribution in [1.29, 1.82) is 0 Å². The molecule has 2 rings (SSSR count). The number of primary amides is 1. The highest BCUT2D eigenvalue weighted by Crippen LogP contribution is 2.18. The SMILES string of the molecule is NC(=O)CC(NC(=O)CCOc1ccc(C(=O)c2ccc(N=C=O)cc2)cc1)C(=O)O. The van der Waals surface area contributed by atoms with Crippen molar-refractivity contribution in [3.63, 3.8) is 0 Å². The number of ketones is 1. The van der Waals surface area contributed by atoms with E-state index >= 15 is 0 Å². The Balaban J connectivity index is 1.87. The lowest BCUT2D eigenvalue weighted by atomic mass is 10.0. The Bertz CT molecular complexity index is 1010. The molecule has 0 spiro atoms. The Hall–Kier alpha value is -4.30. The van der Waals surface area contributed by atoms with E-state index in [2.05, 4.69) is 10.3 Å². The van der Waals surface area contributed by atoms with Gasteiger partial charge in [0.25, 0.3) is 0 Å². The van der Waals surface area contributed by atoms with Gasteiger partial charge in [-0.1, -0.05) is 0 Å². The molecule has 2 aromatic rings. The first-order chi connectivity index (χ1) is 14.8. The van der Waals surface area contributed by atoms with Crippen molar-refractivity contribution in [3.8, 4) is 5.75 Å². The number of carboxylic acids is 1. The van der Waals surface area contributed by atoms with Gasteiger partial charge in [0, 0.05) is 11.1 Å². The average molecular weight is 425 g/mol. The van der Waals surface area contributed by atoms with Gasteiger partial charge in [-0.05, 0) is 48.5 Å². The second-order valence-corrected chi connectivity index (χ2v) is 6.33. The molecule has 0 aliphatic rings. The van der Waals surface area contributed by atoms with Crippen LogP contribution < -0.4 is 15.8 Å². The van der Waals surface area contributed by atoms with Crippen molar-refractivity contribution in [2.45, 2.75) is 18.9 Å². The lowest BCUT2D eigenvalue weighted by Gasteiger charge is -2.13. The van der Waals surface area contributed by atoms with E-state index in [-0.39, 0.29) is 18.8 Å². The number of nitrogens with two attached hydrogens (primary N) is 1. The quantitative estimate of drug-likeness (QED) is 0.275. The Kier molecular flexibility index (Phi) is 8.18. The lowest BCUT2D eigenvalue weighted by Crippen LogP contribution is -2.43. The molecule has 1 atom stereocenters. The normalized spacial score (nSPS) is 11.0. The van der Waals surface area contributed by atoms with E-state index in [1.54, 1.807) is 36.4 Å². The minimum absolute atomic E-state index is 0.0409. The van der Waals surface area contributed by atoms with Crippen LogP contribution in [0.15, 0.2) is 53.5 Å². The molecule has 4 N–H and O–H groups in total. The second-order valence-electron chi connectivity index (χ2n) is 6.33. The number of ether oxygens (including phenoxy) is 1. The van der Waals surface area contributed by atoms with Gasteiger partial charge in [0.15, 0.2) is 5.78 Å². The molecule has 2 aromatic carbocycles. The second kappa shape index (κ2) is 11.0. The maximum absolute atomic E-state index is 12.5. The average Bonchev–Trinajstić information content (AvgIpc) is 2.74. The summed E-state index contributed by atoms with van der Waals surface area (Å²) in [7, 11) is 0. The summed E-state index contributed by atoms with van der Waals surface area (Å²) in [4.78, 5) is 59.8. The Morgan fingerprint density at radius 3 is 2.13 bits per heavy atom. The fraction of sp³-hybridized carbons (Fsp3) is 0.190. The smallest absolute Gasteiger partial charge is 0.326 e. The molecule has 0 saturated heterocycles. The monoisotopic (exact) mass is 425 g/mol. The zero-order valence-electron chi connectivity index (χ0n) is 16.2. The number of aliphatic carboxylic acids is 1. The number of hydrogen-bond acceptors (Lipinski definition) is 7. The van der Waals surface area contributed by atoms with Crippen molar-refractivity contribution in [3.05, 3.63) is 59.7 Å². The predicted octanol–water partition coefficient (Wildman–Crippen LogP) is 1.10. The first-order valence-electron chi connectivity index (χ1n) is 9.06. The molecule has 0 radical (unpaired) electrons. The summed E-state index contributed by atoms with van der Waals surface area (Å²) in [6.45, 7) is -0.0409. The van der Waals surface area contributed by atoms with E-state index in [0.717, 1.165) is 0 Å². The molecule has 10 heteroatoms. The highest BCUT2D eigenvalue weighted by Gasteiger charge is 2.21. The number of hydrogen-bond donors (Lipinski definition) is 3. The van der Waals surface area contributed by atoms with Crippen LogP contribution in [0.3, 0.4) is 0 Å². The van der Waals surface area contributed by atoms with Crippen molar-refractivity contribution < 1.29 is 33.8 Å². The van der Waals surface area contributed by atoms with Gasteiger partial charge in [-0.3, -0.25) is 14.4 Å².